The van der Waals surface area contributed by atoms with Crippen LogP contribution in [0.1, 0.15) is 273 Å². The Morgan fingerprint density at radius 2 is 0.493 bits per heavy atom. The fourth-order valence-electron chi connectivity index (χ4n) is 18.0. The first-order chi connectivity index (χ1) is 71.8. The first-order valence-electron chi connectivity index (χ1n) is 55.0. The molecule has 8 amide bonds. The maximum absolute atomic E-state index is 13.6. The molecule has 0 radical (unpaired) electrons. The second kappa shape index (κ2) is 78.3. The Morgan fingerprint density at radius 1 is 0.260 bits per heavy atom. The Morgan fingerprint density at radius 3 is 0.767 bits per heavy atom. The zero-order chi connectivity index (χ0) is 110. The van der Waals surface area contributed by atoms with Crippen LogP contribution in [0.15, 0.2) is 235 Å². The van der Waals surface area contributed by atoms with Gasteiger partial charge in [0.2, 0.25) is 47.3 Å². The normalized spacial score (nSPS) is 17.3. The highest BCUT2D eigenvalue weighted by atomic mass is 16.6. The van der Waals surface area contributed by atoms with Crippen molar-refractivity contribution in [1.29, 1.82) is 0 Å². The van der Waals surface area contributed by atoms with Crippen LogP contribution in [0.25, 0.3) is 0 Å². The first kappa shape index (κ1) is 132. The molecule has 0 bridgehead atoms. The van der Waals surface area contributed by atoms with Gasteiger partial charge in [-0.05, 0) is 271 Å². The van der Waals surface area contributed by atoms with Gasteiger partial charge in [0.05, 0.1) is 139 Å². The summed E-state index contributed by atoms with van der Waals surface area (Å²) in [5, 5.41) is 23.3. The molecule has 0 aromatic carbocycles. The summed E-state index contributed by atoms with van der Waals surface area (Å²) in [7, 11) is 0. The van der Waals surface area contributed by atoms with E-state index in [1.807, 2.05) is 101 Å². The summed E-state index contributed by atoms with van der Waals surface area (Å²) in [6, 6.07) is -1.62. The first-order valence-corrected chi connectivity index (χ1v) is 55.0. The molecule has 0 saturated heterocycles. The van der Waals surface area contributed by atoms with Crippen molar-refractivity contribution in [2.75, 3.05) is 185 Å². The molecule has 0 aromatic rings. The number of hydrogen-bond donors (Lipinski definition) is 8. The van der Waals surface area contributed by atoms with Crippen molar-refractivity contribution in [2.24, 2.45) is 21.7 Å². The molecular weight excluding hydrogens is 1890 g/mol. The second-order valence-corrected chi connectivity index (χ2v) is 42.3. The molecule has 27 heteroatoms. The van der Waals surface area contributed by atoms with Crippen LogP contribution in [-0.2, 0) is 90.5 Å². The van der Waals surface area contributed by atoms with Crippen LogP contribution < -0.4 is 42.5 Å². The van der Waals surface area contributed by atoms with E-state index in [4.69, 9.17) is 52.1 Å². The van der Waals surface area contributed by atoms with Gasteiger partial charge in [0.15, 0.2) is 0 Å². The van der Waals surface area contributed by atoms with E-state index in [0.29, 0.717) is 190 Å². The third-order valence-corrected chi connectivity index (χ3v) is 26.6. The summed E-state index contributed by atoms with van der Waals surface area (Å²) in [6.07, 6.45) is 65.6. The van der Waals surface area contributed by atoms with Crippen LogP contribution in [0.3, 0.4) is 0 Å². The van der Waals surface area contributed by atoms with E-state index in [-0.39, 0.29) is 121 Å². The van der Waals surface area contributed by atoms with Crippen LogP contribution in [0.2, 0.25) is 0 Å². The summed E-state index contributed by atoms with van der Waals surface area (Å²) in [5.74, 6) is -2.09. The molecule has 0 heterocycles. The Bertz CT molecular complexity index is 4790. The number of ether oxygens (including phenoxy) is 11. The summed E-state index contributed by atoms with van der Waals surface area (Å²) in [4.78, 5) is 104. The van der Waals surface area contributed by atoms with Crippen molar-refractivity contribution >= 4 is 47.3 Å². The number of unbranched alkanes of at least 4 members (excludes halogenated alkanes) is 2. The third-order valence-electron chi connectivity index (χ3n) is 26.6. The minimum absolute atomic E-state index is 0.114. The largest absolute Gasteiger partial charge is 0.379 e. The maximum atomic E-state index is 13.6. The van der Waals surface area contributed by atoms with E-state index in [1.165, 1.54) is 108 Å². The minimum Gasteiger partial charge on any atom is -0.379 e. The number of rotatable bonds is 77. The predicted molar refractivity (Wildman–Crippen MR) is 607 cm³/mol. The predicted octanol–water partition coefficient (Wildman–Crippen LogP) is 20.5. The molecule has 4 aliphatic carbocycles. The van der Waals surface area contributed by atoms with E-state index in [1.54, 1.807) is 12.2 Å². The van der Waals surface area contributed by atoms with Gasteiger partial charge in [-0.1, -0.05) is 221 Å². The monoisotopic (exact) mass is 2090 g/mol. The highest BCUT2D eigenvalue weighted by Crippen LogP contribution is 2.44. The number of carbonyl (C=O) groups is 8. The Labute approximate surface area is 901 Å². The van der Waals surface area contributed by atoms with Gasteiger partial charge in [-0.15, -0.1) is 0 Å². The molecule has 838 valence electrons. The fourth-order valence-corrected chi connectivity index (χ4v) is 18.0. The Hall–Kier alpha value is -9.88. The van der Waals surface area contributed by atoms with E-state index >= 15 is 0 Å². The highest BCUT2D eigenvalue weighted by Gasteiger charge is 2.31. The molecule has 0 aromatic heterocycles. The summed E-state index contributed by atoms with van der Waals surface area (Å²) < 4.78 is 61.9. The molecule has 0 spiro atoms. The molecule has 0 saturated carbocycles. The van der Waals surface area contributed by atoms with Crippen LogP contribution in [0, 0.1) is 21.7 Å². The van der Waals surface area contributed by atoms with Crippen molar-refractivity contribution < 1.29 is 90.5 Å². The van der Waals surface area contributed by atoms with Gasteiger partial charge in [0.25, 0.3) is 0 Å². The molecule has 8 N–H and O–H groups in total. The number of allylic oxidation sites excluding steroid dienone is 36. The van der Waals surface area contributed by atoms with Gasteiger partial charge in [0, 0.05) is 83.0 Å². The van der Waals surface area contributed by atoms with Crippen molar-refractivity contribution in [1.82, 2.24) is 42.5 Å². The summed E-state index contributed by atoms with van der Waals surface area (Å²) >= 11 is 0. The van der Waals surface area contributed by atoms with Crippen molar-refractivity contribution in [3.63, 3.8) is 0 Å². The second-order valence-electron chi connectivity index (χ2n) is 42.3. The Kier molecular flexibility index (Phi) is 69.1. The fraction of sp³-hybridized carbons (Fsp3) is 0.610. The summed E-state index contributed by atoms with van der Waals surface area (Å²) in [5.41, 5.74) is 19.7. The molecule has 4 aliphatic rings. The van der Waals surface area contributed by atoms with Gasteiger partial charge in [-0.25, -0.2) is 0 Å². The number of nitrogens with one attached hydrogen (secondary N) is 8. The molecule has 4 rings (SSSR count). The number of carbonyl (C=O) groups excluding carboxylic acids is 8. The topological polar surface area (TPSA) is 334 Å². The smallest absolute Gasteiger partial charge is 0.244 e. The van der Waals surface area contributed by atoms with Crippen LogP contribution in [0.5, 0.6) is 0 Å². The lowest BCUT2D eigenvalue weighted by Gasteiger charge is -2.33. The quantitative estimate of drug-likeness (QED) is 0.0159. The number of amides is 8. The van der Waals surface area contributed by atoms with Gasteiger partial charge >= 0.3 is 0 Å². The zero-order valence-electron chi connectivity index (χ0n) is 95.4. The lowest BCUT2D eigenvalue weighted by molar-refractivity contribution is -0.127. The van der Waals surface area contributed by atoms with E-state index < -0.39 is 12.1 Å². The van der Waals surface area contributed by atoms with Gasteiger partial charge in [0.1, 0.15) is 12.1 Å². The van der Waals surface area contributed by atoms with Gasteiger partial charge < -0.3 is 94.6 Å². The standard InChI is InChI=1S/C123H192N8O19/c1-94(48-52-106-102(9)42-29-58-120(106,13)14)34-25-38-98(5)90-114(134)125-62-23-21-46-110(130-116(136)92-100(7)40-27-36-96(3)50-54-108-104(11)44-31-60-122(108,17)18)118(138)128-66-72-144-78-84-146-80-74-140-68-33-64-124-112(132)56-69-141-75-81-147-86-88-150-89-87-148-82-76-142-70-57-113(133)127-65-71-143-77-83-149-85-79-145-73-67-129-119(139)111(131-117(137)93-101(8)41-28-37-97(4)51-55-109-105(12)45-32-61-123(109,19)20)47-22-24-63-126-115(135)91-99(6)39-26-35-95(2)49-53-107-103(10)43-30-59-121(107,15)16/h25-28,34-41,48-55,90-93,110-111H,21-24,29-33,42-47,56-89H2,1-20H3,(H,124,132)(H,125,134)(H,126,135)(H,127,133)(H,128,138)(H,129,139)(H,130,136)(H,131,137)/b38-25+,39-26+,40-27+,41-28+,52-48+,53-49+,54-50+,55-51+,94-34+,95-35+,96-36+,97-37+,98-90+,99-91+,100-92+,101-93+/t110-,111+/m1/s1. The molecule has 27 nitrogen and oxygen atoms in total. The van der Waals surface area contributed by atoms with Crippen LogP contribution in [0.4, 0.5) is 0 Å². The molecular formula is C123H192N8O19. The maximum Gasteiger partial charge on any atom is 0.244 e. The average molecular weight is 2090 g/mol. The average Bonchev–Trinajstić information content (AvgIpc) is 0.832. The van der Waals surface area contributed by atoms with E-state index in [0.717, 1.165) is 70.3 Å². The van der Waals surface area contributed by atoms with Gasteiger partial charge in [-0.3, -0.25) is 38.4 Å². The van der Waals surface area contributed by atoms with Crippen molar-refractivity contribution in [2.45, 2.75) is 285 Å². The molecule has 0 unspecified atom stereocenters. The third kappa shape index (κ3) is 62.9. The molecule has 0 aliphatic heterocycles. The molecule has 150 heavy (non-hydrogen) atoms. The lowest BCUT2D eigenvalue weighted by Crippen LogP contribution is -2.47. The molecule has 2 atom stereocenters. The Balaban J connectivity index is 0.965. The van der Waals surface area contributed by atoms with Crippen LogP contribution in [-0.4, -0.2) is 244 Å². The SMILES string of the molecule is CC1=C(/C=C/C(C)=C/C=C/C(C)=C/C(=O)NCCCC[C@H](NC(=O)/C=C(C)/C=C/C=C(C)/C=C/C2=C(C)CCCC2(C)C)C(=O)NCCOCCOCCOCCNC(=O)CCOCCOCCOCCOCCOCCC(=O)NCCCOCCOCCOCCNC(=O)[C@@H](CCCCNC(=O)/C=C(C)/C=C/C=C(C)/C=C/C2=C(C)CCCC2(C)C)NC(=O)/C=C(C)/C=C/C=C(C)/C=C/C2=C(C)CCCC2(C)C)C(C)(C)CCC1. The van der Waals surface area contributed by atoms with Gasteiger partial charge in [-0.2, -0.15) is 0 Å². The highest BCUT2D eigenvalue weighted by molar-refractivity contribution is 5.94. The van der Waals surface area contributed by atoms with Crippen molar-refractivity contribution in [3.05, 3.63) is 235 Å². The van der Waals surface area contributed by atoms with E-state index in [9.17, 15) is 38.4 Å². The van der Waals surface area contributed by atoms with Crippen molar-refractivity contribution in [3.8, 4) is 0 Å². The zero-order valence-corrected chi connectivity index (χ0v) is 95.4. The van der Waals surface area contributed by atoms with Crippen LogP contribution >= 0.6 is 0 Å². The number of hydrogen-bond acceptors (Lipinski definition) is 19. The lowest BCUT2D eigenvalue weighted by atomic mass is 9.72. The summed E-state index contributed by atoms with van der Waals surface area (Å²) in [6.45, 7) is 52.6. The minimum atomic E-state index is -0.814. The molecule has 0 fully saturated rings. The van der Waals surface area contributed by atoms with E-state index in [2.05, 4.69) is 202 Å².